The van der Waals surface area contributed by atoms with Crippen LogP contribution in [0.3, 0.4) is 0 Å². The van der Waals surface area contributed by atoms with Crippen LogP contribution in [0.25, 0.3) is 0 Å². The predicted octanol–water partition coefficient (Wildman–Crippen LogP) is 4.08. The fraction of sp³-hybridized carbons (Fsp3) is 0.250. The van der Waals surface area contributed by atoms with E-state index in [9.17, 15) is 4.79 Å². The number of ether oxygens (including phenoxy) is 1. The van der Waals surface area contributed by atoms with Crippen LogP contribution in [0.1, 0.15) is 34.3 Å². The Bertz CT molecular complexity index is 872. The van der Waals surface area contributed by atoms with Crippen molar-refractivity contribution in [3.8, 4) is 0 Å². The molecule has 2 aromatic carbocycles. The third-order valence-corrected chi connectivity index (χ3v) is 3.84. The molecule has 0 amide bonds. The number of aryl methyl sites for hydroxylation is 3. The second-order valence-corrected chi connectivity index (χ2v) is 5.91. The topological polar surface area (TPSA) is 77.2 Å². The number of aromatic nitrogens is 2. The maximum atomic E-state index is 11.8. The summed E-state index contributed by atoms with van der Waals surface area (Å²) in [6.07, 6.45) is 1.50. The minimum Gasteiger partial charge on any atom is -0.462 e. The van der Waals surface area contributed by atoms with Crippen molar-refractivity contribution >= 4 is 17.7 Å². The first-order chi connectivity index (χ1) is 12.6. The van der Waals surface area contributed by atoms with Crippen LogP contribution in [0, 0.1) is 6.92 Å². The molecule has 0 spiro atoms. The Labute approximate surface area is 152 Å². The van der Waals surface area contributed by atoms with Gasteiger partial charge in [-0.2, -0.15) is 0 Å². The van der Waals surface area contributed by atoms with Gasteiger partial charge in [0.15, 0.2) is 0 Å². The highest BCUT2D eigenvalue weighted by molar-refractivity contribution is 5.90. The van der Waals surface area contributed by atoms with Crippen molar-refractivity contribution in [1.29, 1.82) is 0 Å². The van der Waals surface area contributed by atoms with Gasteiger partial charge < -0.3 is 14.5 Å². The molecule has 0 fully saturated rings. The zero-order valence-electron chi connectivity index (χ0n) is 14.9. The van der Waals surface area contributed by atoms with Crippen molar-refractivity contribution < 1.29 is 13.9 Å². The lowest BCUT2D eigenvalue weighted by Gasteiger charge is -2.05. The standard InChI is InChI=1S/C20H21N3O3/c1-3-25-19(24)16-5-4-6-17(13-16)21-20-23-22-18(26-20)12-11-15-9-7-14(2)8-10-15/h4-10,13H,3,11-12H2,1-2H3,(H,21,23). The molecule has 0 unspecified atom stereocenters. The fourth-order valence-corrected chi connectivity index (χ4v) is 2.47. The Morgan fingerprint density at radius 2 is 1.92 bits per heavy atom. The van der Waals surface area contributed by atoms with Crippen LogP contribution >= 0.6 is 0 Å². The van der Waals surface area contributed by atoms with Gasteiger partial charge in [0.05, 0.1) is 12.2 Å². The van der Waals surface area contributed by atoms with E-state index >= 15 is 0 Å². The SMILES string of the molecule is CCOC(=O)c1cccc(Nc2nnc(CCc3ccc(C)cc3)o2)c1. The molecule has 3 aromatic rings. The molecule has 0 aliphatic heterocycles. The van der Waals surface area contributed by atoms with Gasteiger partial charge in [-0.25, -0.2) is 4.79 Å². The van der Waals surface area contributed by atoms with Gasteiger partial charge in [-0.3, -0.25) is 0 Å². The summed E-state index contributed by atoms with van der Waals surface area (Å²) in [6, 6.07) is 15.7. The number of nitrogens with zero attached hydrogens (tertiary/aromatic N) is 2. The molecule has 0 saturated carbocycles. The number of hydrogen-bond donors (Lipinski definition) is 1. The zero-order valence-corrected chi connectivity index (χ0v) is 14.9. The monoisotopic (exact) mass is 351 g/mol. The molecule has 0 aliphatic rings. The van der Waals surface area contributed by atoms with Crippen molar-refractivity contribution in [3.05, 3.63) is 71.1 Å². The maximum Gasteiger partial charge on any atom is 0.338 e. The van der Waals surface area contributed by atoms with Gasteiger partial charge in [-0.05, 0) is 44.0 Å². The van der Waals surface area contributed by atoms with Crippen molar-refractivity contribution in [2.75, 3.05) is 11.9 Å². The summed E-state index contributed by atoms with van der Waals surface area (Å²) in [4.78, 5) is 11.8. The maximum absolute atomic E-state index is 11.8. The summed E-state index contributed by atoms with van der Waals surface area (Å²) in [6.45, 7) is 4.18. The summed E-state index contributed by atoms with van der Waals surface area (Å²) >= 11 is 0. The summed E-state index contributed by atoms with van der Waals surface area (Å²) < 4.78 is 10.6. The number of nitrogens with one attached hydrogen (secondary N) is 1. The van der Waals surface area contributed by atoms with Crippen LogP contribution in [0.4, 0.5) is 11.7 Å². The molecule has 0 bridgehead atoms. The number of hydrogen-bond acceptors (Lipinski definition) is 6. The molecule has 1 aromatic heterocycles. The molecule has 134 valence electrons. The minimum atomic E-state index is -0.361. The van der Waals surface area contributed by atoms with Crippen LogP contribution in [0.15, 0.2) is 52.9 Å². The summed E-state index contributed by atoms with van der Waals surface area (Å²) in [7, 11) is 0. The Hall–Kier alpha value is -3.15. The average Bonchev–Trinajstić information content (AvgIpc) is 3.09. The highest BCUT2D eigenvalue weighted by atomic mass is 16.5. The third-order valence-electron chi connectivity index (χ3n) is 3.84. The molecule has 26 heavy (non-hydrogen) atoms. The zero-order chi connectivity index (χ0) is 18.4. The Morgan fingerprint density at radius 3 is 2.69 bits per heavy atom. The van der Waals surface area contributed by atoms with E-state index in [4.69, 9.17) is 9.15 Å². The largest absolute Gasteiger partial charge is 0.462 e. The molecule has 0 atom stereocenters. The Kier molecular flexibility index (Phi) is 5.63. The second kappa shape index (κ2) is 8.29. The van der Waals surface area contributed by atoms with Crippen LogP contribution in [0.2, 0.25) is 0 Å². The molecule has 6 heteroatoms. The Balaban J connectivity index is 1.60. The molecular weight excluding hydrogens is 330 g/mol. The van der Waals surface area contributed by atoms with Crippen molar-refractivity contribution in [3.63, 3.8) is 0 Å². The number of rotatable bonds is 7. The number of carbonyl (C=O) groups is 1. The molecule has 0 aliphatic carbocycles. The molecule has 1 heterocycles. The lowest BCUT2D eigenvalue weighted by Crippen LogP contribution is -2.04. The molecule has 0 radical (unpaired) electrons. The fourth-order valence-electron chi connectivity index (χ4n) is 2.47. The van der Waals surface area contributed by atoms with E-state index in [0.717, 1.165) is 6.42 Å². The van der Waals surface area contributed by atoms with Crippen LogP contribution in [-0.2, 0) is 17.6 Å². The number of esters is 1. The van der Waals surface area contributed by atoms with E-state index in [1.807, 2.05) is 6.07 Å². The normalized spacial score (nSPS) is 10.5. The predicted molar refractivity (Wildman–Crippen MR) is 98.6 cm³/mol. The Morgan fingerprint density at radius 1 is 1.12 bits per heavy atom. The van der Waals surface area contributed by atoms with Gasteiger partial charge in [-0.15, -0.1) is 5.10 Å². The summed E-state index contributed by atoms with van der Waals surface area (Å²) in [5.41, 5.74) is 3.62. The van der Waals surface area contributed by atoms with Gasteiger partial charge in [0.1, 0.15) is 0 Å². The third kappa shape index (κ3) is 4.69. The lowest BCUT2D eigenvalue weighted by atomic mass is 10.1. The van der Waals surface area contributed by atoms with Gasteiger partial charge in [0.25, 0.3) is 0 Å². The molecule has 1 N–H and O–H groups in total. The quantitative estimate of drug-likeness (QED) is 0.646. The number of anilines is 2. The van der Waals surface area contributed by atoms with E-state index in [-0.39, 0.29) is 5.97 Å². The highest BCUT2D eigenvalue weighted by Crippen LogP contribution is 2.18. The first-order valence-electron chi connectivity index (χ1n) is 8.56. The van der Waals surface area contributed by atoms with Crippen molar-refractivity contribution in [2.24, 2.45) is 0 Å². The van der Waals surface area contributed by atoms with Crippen molar-refractivity contribution in [1.82, 2.24) is 10.2 Å². The van der Waals surface area contributed by atoms with E-state index < -0.39 is 0 Å². The highest BCUT2D eigenvalue weighted by Gasteiger charge is 2.10. The van der Waals surface area contributed by atoms with Crippen LogP contribution in [-0.4, -0.2) is 22.8 Å². The van der Waals surface area contributed by atoms with E-state index in [1.54, 1.807) is 25.1 Å². The van der Waals surface area contributed by atoms with E-state index in [2.05, 4.69) is 46.7 Å². The van der Waals surface area contributed by atoms with Gasteiger partial charge >= 0.3 is 12.0 Å². The minimum absolute atomic E-state index is 0.296. The number of carbonyl (C=O) groups excluding carboxylic acids is 1. The van der Waals surface area contributed by atoms with E-state index in [0.29, 0.717) is 36.2 Å². The van der Waals surface area contributed by atoms with Gasteiger partial charge in [0.2, 0.25) is 5.89 Å². The summed E-state index contributed by atoms with van der Waals surface area (Å²) in [5.74, 6) is 0.204. The molecule has 6 nitrogen and oxygen atoms in total. The first kappa shape index (κ1) is 17.7. The van der Waals surface area contributed by atoms with Crippen LogP contribution in [0.5, 0.6) is 0 Å². The van der Waals surface area contributed by atoms with Crippen LogP contribution < -0.4 is 5.32 Å². The van der Waals surface area contributed by atoms with Gasteiger partial charge in [-0.1, -0.05) is 41.0 Å². The van der Waals surface area contributed by atoms with E-state index in [1.165, 1.54) is 11.1 Å². The molecule has 0 saturated heterocycles. The van der Waals surface area contributed by atoms with Gasteiger partial charge in [0, 0.05) is 12.1 Å². The average molecular weight is 351 g/mol. The smallest absolute Gasteiger partial charge is 0.338 e. The number of benzene rings is 2. The van der Waals surface area contributed by atoms with Crippen molar-refractivity contribution in [2.45, 2.75) is 26.7 Å². The summed E-state index contributed by atoms with van der Waals surface area (Å²) in [5, 5.41) is 11.1. The molecule has 3 rings (SSSR count). The first-order valence-corrected chi connectivity index (χ1v) is 8.56. The lowest BCUT2D eigenvalue weighted by molar-refractivity contribution is 0.0526. The second-order valence-electron chi connectivity index (χ2n) is 5.91. The molecular formula is C20H21N3O3.